The topological polar surface area (TPSA) is 139 Å². The van der Waals surface area contributed by atoms with Crippen molar-refractivity contribution < 1.29 is 48.3 Å². The second kappa shape index (κ2) is 10.3. The maximum absolute atomic E-state index is 11.6. The molecule has 0 fully saturated rings. The molecule has 16 heteroatoms. The maximum Gasteiger partial charge on any atom is 0.404 e. The molecule has 0 radical (unpaired) electrons. The molecule has 0 saturated carbocycles. The Balaban J connectivity index is 0. The van der Waals surface area contributed by atoms with Gasteiger partial charge in [0.15, 0.2) is 11.5 Å². The average Bonchev–Trinajstić information content (AvgIpc) is 2.21. The summed E-state index contributed by atoms with van der Waals surface area (Å²) in [6, 6.07) is 0. The van der Waals surface area contributed by atoms with Gasteiger partial charge in [-0.1, -0.05) is 0 Å². The van der Waals surface area contributed by atoms with Crippen molar-refractivity contribution in [1.29, 1.82) is 0 Å². The molecule has 0 aromatic heterocycles. The second-order valence-corrected chi connectivity index (χ2v) is 7.80. The zero-order valence-electron chi connectivity index (χ0n) is 12.0. The molecule has 0 aliphatic rings. The van der Waals surface area contributed by atoms with E-state index in [1.54, 1.807) is 0 Å². The van der Waals surface area contributed by atoms with Crippen LogP contribution in [0.15, 0.2) is 0 Å². The number of aliphatic hydroxyl groups excluding tert-OH is 1. The zero-order chi connectivity index (χ0) is 19.7. The molecule has 0 atom stereocenters. The highest BCUT2D eigenvalue weighted by Gasteiger charge is 2.41. The quantitative estimate of drug-likeness (QED) is 0.292. The van der Waals surface area contributed by atoms with E-state index in [1.807, 2.05) is 0 Å². The van der Waals surface area contributed by atoms with Gasteiger partial charge in [0.2, 0.25) is 20.0 Å². The Hall–Kier alpha value is -0.680. The fourth-order valence-corrected chi connectivity index (χ4v) is 3.87. The van der Waals surface area contributed by atoms with E-state index >= 15 is 0 Å². The molecular formula is C8H17F6N3O5S2. The van der Waals surface area contributed by atoms with Gasteiger partial charge >= 0.3 is 12.4 Å². The Kier molecular flexibility index (Phi) is 11.0. The lowest BCUT2D eigenvalue weighted by molar-refractivity contribution is -0.107. The summed E-state index contributed by atoms with van der Waals surface area (Å²) < 4.78 is 112. The monoisotopic (exact) mass is 413 g/mol. The van der Waals surface area contributed by atoms with Crippen molar-refractivity contribution in [2.75, 3.05) is 37.7 Å². The predicted octanol–water partition coefficient (Wildman–Crippen LogP) is -1.11. The average molecular weight is 413 g/mol. The van der Waals surface area contributed by atoms with Crippen LogP contribution in [0.4, 0.5) is 26.3 Å². The predicted molar refractivity (Wildman–Crippen MR) is 71.8 cm³/mol. The molecular weight excluding hydrogens is 396 g/mol. The van der Waals surface area contributed by atoms with Crippen LogP contribution < -0.4 is 15.2 Å². The first-order valence-corrected chi connectivity index (χ1v) is 9.23. The van der Waals surface area contributed by atoms with Crippen LogP contribution in [-0.4, -0.2) is 72.0 Å². The van der Waals surface area contributed by atoms with Crippen LogP contribution in [-0.2, 0) is 20.0 Å². The standard InChI is InChI=1S/C4H5F6NO4S2.C4H12N2O/c5-3(6,7)1-16(12,13)11-17(14,15)2-4(8,9)10;5-1-2-6-3-4-7/h11H,1-2H2;6-7H,1-5H2. The molecule has 0 aliphatic carbocycles. The summed E-state index contributed by atoms with van der Waals surface area (Å²) in [5.74, 6) is -5.17. The Morgan fingerprint density at radius 2 is 1.21 bits per heavy atom. The molecule has 0 unspecified atom stereocenters. The van der Waals surface area contributed by atoms with Gasteiger partial charge in [-0.15, -0.1) is 4.13 Å². The molecule has 0 aliphatic heterocycles. The van der Waals surface area contributed by atoms with Crippen molar-refractivity contribution in [1.82, 2.24) is 9.44 Å². The van der Waals surface area contributed by atoms with Gasteiger partial charge in [-0.25, -0.2) is 16.8 Å². The van der Waals surface area contributed by atoms with Crippen LogP contribution in [0.2, 0.25) is 0 Å². The van der Waals surface area contributed by atoms with E-state index in [0.29, 0.717) is 17.2 Å². The van der Waals surface area contributed by atoms with Crippen molar-refractivity contribution in [2.45, 2.75) is 12.4 Å². The summed E-state index contributed by atoms with van der Waals surface area (Å²) in [7, 11) is -10.9. The van der Waals surface area contributed by atoms with E-state index in [1.165, 1.54) is 0 Å². The zero-order valence-corrected chi connectivity index (χ0v) is 13.6. The number of nitrogens with one attached hydrogen (secondary N) is 2. The molecule has 24 heavy (non-hydrogen) atoms. The van der Waals surface area contributed by atoms with Crippen molar-refractivity contribution in [2.24, 2.45) is 5.73 Å². The van der Waals surface area contributed by atoms with Crippen LogP contribution in [0.3, 0.4) is 0 Å². The van der Waals surface area contributed by atoms with E-state index in [4.69, 9.17) is 10.8 Å². The van der Waals surface area contributed by atoms with Gasteiger partial charge in [0, 0.05) is 19.6 Å². The van der Waals surface area contributed by atoms with E-state index < -0.39 is 43.9 Å². The molecule has 0 rings (SSSR count). The summed E-state index contributed by atoms with van der Waals surface area (Å²) >= 11 is 0. The molecule has 0 amide bonds. The number of aliphatic hydroxyl groups is 1. The molecule has 0 aromatic rings. The van der Waals surface area contributed by atoms with E-state index in [9.17, 15) is 43.2 Å². The molecule has 148 valence electrons. The summed E-state index contributed by atoms with van der Waals surface area (Å²) in [6.45, 7) is 2.28. The molecule has 0 heterocycles. The first-order valence-electron chi connectivity index (χ1n) is 5.92. The number of nitrogens with two attached hydrogens (primary N) is 1. The van der Waals surface area contributed by atoms with Crippen molar-refractivity contribution >= 4 is 20.0 Å². The van der Waals surface area contributed by atoms with Crippen molar-refractivity contribution in [3.8, 4) is 0 Å². The first kappa shape index (κ1) is 25.6. The second-order valence-electron chi connectivity index (χ2n) is 4.09. The molecule has 0 spiro atoms. The van der Waals surface area contributed by atoms with Gasteiger partial charge < -0.3 is 16.2 Å². The number of sulfonamides is 2. The van der Waals surface area contributed by atoms with E-state index in [0.717, 1.165) is 6.54 Å². The highest BCUT2D eigenvalue weighted by Crippen LogP contribution is 2.19. The van der Waals surface area contributed by atoms with Crippen LogP contribution in [0.1, 0.15) is 0 Å². The number of halogens is 6. The van der Waals surface area contributed by atoms with Gasteiger partial charge in [0.25, 0.3) is 0 Å². The lowest BCUT2D eigenvalue weighted by Gasteiger charge is -2.11. The Labute approximate surface area is 134 Å². The minimum Gasteiger partial charge on any atom is -0.395 e. The number of hydrogen-bond acceptors (Lipinski definition) is 7. The Morgan fingerprint density at radius 3 is 1.46 bits per heavy atom. The summed E-state index contributed by atoms with van der Waals surface area (Å²) in [4.78, 5) is 0. The van der Waals surface area contributed by atoms with Gasteiger partial charge in [-0.3, -0.25) is 0 Å². The minimum absolute atomic E-state index is 0.194. The minimum atomic E-state index is -5.43. The van der Waals surface area contributed by atoms with Crippen LogP contribution in [0.5, 0.6) is 0 Å². The molecule has 8 nitrogen and oxygen atoms in total. The van der Waals surface area contributed by atoms with Gasteiger partial charge in [0.05, 0.1) is 6.61 Å². The lowest BCUT2D eigenvalue weighted by Crippen LogP contribution is -2.41. The lowest BCUT2D eigenvalue weighted by atomic mass is 10.6. The summed E-state index contributed by atoms with van der Waals surface area (Å²) in [6.07, 6.45) is -10.5. The molecule has 0 bridgehead atoms. The third-order valence-electron chi connectivity index (χ3n) is 1.57. The largest absolute Gasteiger partial charge is 0.404 e. The van der Waals surface area contributed by atoms with Crippen molar-refractivity contribution in [3.63, 3.8) is 0 Å². The Morgan fingerprint density at radius 1 is 0.833 bits per heavy atom. The normalized spacial score (nSPS) is 13.3. The highest BCUT2D eigenvalue weighted by molar-refractivity contribution is 8.04. The van der Waals surface area contributed by atoms with Gasteiger partial charge in [0.1, 0.15) is 0 Å². The van der Waals surface area contributed by atoms with Gasteiger partial charge in [-0.2, -0.15) is 26.3 Å². The molecule has 0 aromatic carbocycles. The third-order valence-corrected chi connectivity index (χ3v) is 5.02. The van der Waals surface area contributed by atoms with Crippen LogP contribution in [0, 0.1) is 0 Å². The Bertz CT molecular complexity index is 498. The van der Waals surface area contributed by atoms with E-state index in [2.05, 4.69) is 5.32 Å². The van der Waals surface area contributed by atoms with Crippen LogP contribution >= 0.6 is 0 Å². The fraction of sp³-hybridized carbons (Fsp3) is 1.00. The highest BCUT2D eigenvalue weighted by atomic mass is 32.3. The smallest absolute Gasteiger partial charge is 0.395 e. The fourth-order valence-electron chi connectivity index (χ4n) is 0.989. The third kappa shape index (κ3) is 19.4. The first-order chi connectivity index (χ1) is 10.5. The maximum atomic E-state index is 11.6. The van der Waals surface area contributed by atoms with E-state index in [-0.39, 0.29) is 6.61 Å². The number of hydrogen-bond donors (Lipinski definition) is 4. The summed E-state index contributed by atoms with van der Waals surface area (Å²) in [5, 5.41) is 11.1. The van der Waals surface area contributed by atoms with Gasteiger partial charge in [-0.05, 0) is 0 Å². The molecule has 5 N–H and O–H groups in total. The SMILES string of the molecule is NCCNCCO.O=S(=O)(CC(F)(F)F)NS(=O)(=O)CC(F)(F)F. The van der Waals surface area contributed by atoms with Crippen LogP contribution in [0.25, 0.3) is 0 Å². The van der Waals surface area contributed by atoms with Crippen molar-refractivity contribution in [3.05, 3.63) is 0 Å². The molecule has 0 saturated heterocycles. The number of rotatable bonds is 8. The number of alkyl halides is 6. The summed E-state index contributed by atoms with van der Waals surface area (Å²) in [5.41, 5.74) is 5.13.